The van der Waals surface area contributed by atoms with E-state index in [1.165, 1.54) is 20.2 Å². The number of benzene rings is 1. The smallest absolute Gasteiger partial charge is 0.335 e. The van der Waals surface area contributed by atoms with Gasteiger partial charge in [-0.3, -0.25) is 18.7 Å². The molecule has 0 aliphatic heterocycles. The number of nitrogens with one attached hydrogen (secondary N) is 1. The van der Waals surface area contributed by atoms with Gasteiger partial charge in [0, 0.05) is 14.1 Å². The number of fused-ring (bicyclic) bond motifs is 1. The van der Waals surface area contributed by atoms with E-state index in [2.05, 4.69) is 4.98 Å². The first-order valence-electron chi connectivity index (χ1n) is 8.20. The van der Waals surface area contributed by atoms with Gasteiger partial charge in [0.05, 0.1) is 5.39 Å². The van der Waals surface area contributed by atoms with E-state index in [1.807, 2.05) is 5.32 Å². The second-order valence-electron chi connectivity index (χ2n) is 6.27. The Balaban J connectivity index is 2.03. The van der Waals surface area contributed by atoms with E-state index >= 15 is 0 Å². The zero-order chi connectivity index (χ0) is 21.5. The minimum absolute atomic E-state index is 0.0251. The molecule has 2 heterocycles. The van der Waals surface area contributed by atoms with E-state index in [1.54, 1.807) is 0 Å². The minimum Gasteiger partial charge on any atom is -0.335 e. The SMILES string of the molecule is Cn1c(=O)c2ccc(C(=O)NC(c3ccc(F)cc3)C(F)(F)F)nc2n(C)c1=O. The number of carbonyl (C=O) groups is 1. The predicted octanol–water partition coefficient (Wildman–Crippen LogP) is 1.80. The maximum atomic E-state index is 13.4. The van der Waals surface area contributed by atoms with Crippen LogP contribution in [0.4, 0.5) is 17.6 Å². The highest BCUT2D eigenvalue weighted by molar-refractivity contribution is 5.94. The summed E-state index contributed by atoms with van der Waals surface area (Å²) in [7, 11) is 2.58. The van der Waals surface area contributed by atoms with E-state index < -0.39 is 40.9 Å². The number of aryl methyl sites for hydroxylation is 1. The summed E-state index contributed by atoms with van der Waals surface area (Å²) in [5, 5.41) is 1.84. The third kappa shape index (κ3) is 3.75. The average Bonchev–Trinajstić information content (AvgIpc) is 2.68. The van der Waals surface area contributed by atoms with E-state index in [-0.39, 0.29) is 16.6 Å². The Morgan fingerprint density at radius 3 is 2.24 bits per heavy atom. The predicted molar refractivity (Wildman–Crippen MR) is 94.9 cm³/mol. The third-order valence-electron chi connectivity index (χ3n) is 4.34. The van der Waals surface area contributed by atoms with Crippen LogP contribution in [0.1, 0.15) is 22.1 Å². The molecule has 1 N–H and O–H groups in total. The molecule has 0 spiro atoms. The van der Waals surface area contributed by atoms with Crippen molar-refractivity contribution in [2.45, 2.75) is 12.2 Å². The van der Waals surface area contributed by atoms with Gasteiger partial charge in [0.25, 0.3) is 11.5 Å². The molecule has 0 aliphatic carbocycles. The van der Waals surface area contributed by atoms with Crippen LogP contribution in [0.5, 0.6) is 0 Å². The first kappa shape index (κ1) is 20.2. The molecule has 0 saturated carbocycles. The molecule has 1 atom stereocenters. The summed E-state index contributed by atoms with van der Waals surface area (Å²) in [4.78, 5) is 40.5. The zero-order valence-corrected chi connectivity index (χ0v) is 15.1. The summed E-state index contributed by atoms with van der Waals surface area (Å²) in [6, 6.07) is 3.41. The highest BCUT2D eigenvalue weighted by Gasteiger charge is 2.42. The molecule has 0 bridgehead atoms. The van der Waals surface area contributed by atoms with Gasteiger partial charge in [-0.2, -0.15) is 13.2 Å². The van der Waals surface area contributed by atoms with Crippen LogP contribution in [0, 0.1) is 5.82 Å². The van der Waals surface area contributed by atoms with E-state index in [0.717, 1.165) is 39.5 Å². The number of hydrogen-bond acceptors (Lipinski definition) is 4. The standard InChI is InChI=1S/C18H14F4N4O3/c1-25-14-11(16(28)26(2)17(25)29)7-8-12(23-14)15(27)24-13(18(20,21)22)9-3-5-10(19)6-4-9/h3-8,13H,1-2H3,(H,24,27). The minimum atomic E-state index is -4.85. The molecule has 0 saturated heterocycles. The Bertz CT molecular complexity index is 1210. The fourth-order valence-electron chi connectivity index (χ4n) is 2.80. The van der Waals surface area contributed by atoms with Gasteiger partial charge in [-0.05, 0) is 29.8 Å². The third-order valence-corrected chi connectivity index (χ3v) is 4.34. The number of alkyl halides is 3. The summed E-state index contributed by atoms with van der Waals surface area (Å²) in [5.41, 5.74) is -2.28. The monoisotopic (exact) mass is 410 g/mol. The maximum Gasteiger partial charge on any atom is 0.412 e. The van der Waals surface area contributed by atoms with Crippen molar-refractivity contribution in [2.24, 2.45) is 14.1 Å². The highest BCUT2D eigenvalue weighted by atomic mass is 19.4. The molecular weight excluding hydrogens is 396 g/mol. The highest BCUT2D eigenvalue weighted by Crippen LogP contribution is 2.33. The number of amides is 1. The van der Waals surface area contributed by atoms with Crippen LogP contribution in [0.2, 0.25) is 0 Å². The van der Waals surface area contributed by atoms with Gasteiger partial charge in [-0.1, -0.05) is 12.1 Å². The normalized spacial score (nSPS) is 12.8. The Hall–Kier alpha value is -3.50. The lowest BCUT2D eigenvalue weighted by Gasteiger charge is -2.22. The lowest BCUT2D eigenvalue weighted by molar-refractivity contribution is -0.155. The first-order chi connectivity index (χ1) is 13.5. The number of aromatic nitrogens is 3. The summed E-state index contributed by atoms with van der Waals surface area (Å²) in [5.74, 6) is -1.90. The van der Waals surface area contributed by atoms with Crippen molar-refractivity contribution in [3.8, 4) is 0 Å². The van der Waals surface area contributed by atoms with Crippen LogP contribution in [0.3, 0.4) is 0 Å². The van der Waals surface area contributed by atoms with E-state index in [9.17, 15) is 31.9 Å². The number of halogens is 4. The molecule has 11 heteroatoms. The van der Waals surface area contributed by atoms with Crippen LogP contribution >= 0.6 is 0 Å². The summed E-state index contributed by atoms with van der Waals surface area (Å²) < 4.78 is 55.2. The zero-order valence-electron chi connectivity index (χ0n) is 15.1. The molecule has 1 amide bonds. The van der Waals surface area contributed by atoms with E-state index in [0.29, 0.717) is 0 Å². The van der Waals surface area contributed by atoms with Gasteiger partial charge in [0.2, 0.25) is 0 Å². The molecule has 0 aliphatic rings. The van der Waals surface area contributed by atoms with Crippen molar-refractivity contribution in [3.05, 3.63) is 74.3 Å². The summed E-state index contributed by atoms with van der Waals surface area (Å²) >= 11 is 0. The molecule has 3 aromatic rings. The molecule has 1 aromatic carbocycles. The van der Waals surface area contributed by atoms with Gasteiger partial charge in [-0.15, -0.1) is 0 Å². The van der Waals surface area contributed by atoms with Crippen molar-refractivity contribution in [1.82, 2.24) is 19.4 Å². The number of nitrogens with zero attached hydrogens (tertiary/aromatic N) is 3. The van der Waals surface area contributed by atoms with Gasteiger partial charge in [-0.25, -0.2) is 14.2 Å². The van der Waals surface area contributed by atoms with Crippen molar-refractivity contribution in [1.29, 1.82) is 0 Å². The van der Waals surface area contributed by atoms with Gasteiger partial charge in [0.15, 0.2) is 6.04 Å². The van der Waals surface area contributed by atoms with Crippen LogP contribution in [-0.4, -0.2) is 26.2 Å². The topological polar surface area (TPSA) is 86.0 Å². The molecule has 3 rings (SSSR count). The second-order valence-corrected chi connectivity index (χ2v) is 6.27. The molecule has 0 radical (unpaired) electrons. The van der Waals surface area contributed by atoms with E-state index in [4.69, 9.17) is 0 Å². The van der Waals surface area contributed by atoms with Crippen molar-refractivity contribution in [2.75, 3.05) is 0 Å². The van der Waals surface area contributed by atoms with Crippen molar-refractivity contribution < 1.29 is 22.4 Å². The van der Waals surface area contributed by atoms with Gasteiger partial charge in [0.1, 0.15) is 17.2 Å². The Kier molecular flexibility index (Phi) is 4.99. The van der Waals surface area contributed by atoms with Crippen molar-refractivity contribution in [3.63, 3.8) is 0 Å². The van der Waals surface area contributed by atoms with Crippen LogP contribution < -0.4 is 16.6 Å². The lowest BCUT2D eigenvalue weighted by atomic mass is 10.1. The Morgan fingerprint density at radius 2 is 1.66 bits per heavy atom. The molecule has 2 aromatic heterocycles. The number of pyridine rings is 1. The van der Waals surface area contributed by atoms with Crippen LogP contribution in [0.25, 0.3) is 11.0 Å². The largest absolute Gasteiger partial charge is 0.412 e. The Labute approximate surface area is 160 Å². The fraction of sp³-hybridized carbons (Fsp3) is 0.222. The summed E-state index contributed by atoms with van der Waals surface area (Å²) in [6.07, 6.45) is -4.85. The number of hydrogen-bond donors (Lipinski definition) is 1. The average molecular weight is 410 g/mol. The molecule has 29 heavy (non-hydrogen) atoms. The Morgan fingerprint density at radius 1 is 1.03 bits per heavy atom. The van der Waals surface area contributed by atoms with Crippen LogP contribution in [0.15, 0.2) is 46.0 Å². The first-order valence-corrected chi connectivity index (χ1v) is 8.20. The molecule has 0 fully saturated rings. The van der Waals surface area contributed by atoms with Gasteiger partial charge >= 0.3 is 11.9 Å². The fourth-order valence-corrected chi connectivity index (χ4v) is 2.80. The number of rotatable bonds is 3. The molecule has 152 valence electrons. The maximum absolute atomic E-state index is 13.4. The number of carbonyl (C=O) groups excluding carboxylic acids is 1. The van der Waals surface area contributed by atoms with Crippen LogP contribution in [-0.2, 0) is 14.1 Å². The second kappa shape index (κ2) is 7.15. The molecular formula is C18H14F4N4O3. The molecule has 7 nitrogen and oxygen atoms in total. The van der Waals surface area contributed by atoms with Gasteiger partial charge < -0.3 is 5.32 Å². The molecule has 1 unspecified atom stereocenters. The quantitative estimate of drug-likeness (QED) is 0.668. The lowest BCUT2D eigenvalue weighted by Crippen LogP contribution is -2.39. The van der Waals surface area contributed by atoms with Crippen molar-refractivity contribution >= 4 is 16.9 Å². The summed E-state index contributed by atoms with van der Waals surface area (Å²) in [6.45, 7) is 0.